The van der Waals surface area contributed by atoms with Gasteiger partial charge in [0.1, 0.15) is 12.7 Å². The highest BCUT2D eigenvalue weighted by molar-refractivity contribution is 5.75. The monoisotopic (exact) mass is 313 g/mol. The summed E-state index contributed by atoms with van der Waals surface area (Å²) in [6.07, 6.45) is 13.1. The predicted molar refractivity (Wildman–Crippen MR) is 86.8 cm³/mol. The van der Waals surface area contributed by atoms with Gasteiger partial charge in [-0.3, -0.25) is 4.79 Å². The minimum absolute atomic E-state index is 0.135. The van der Waals surface area contributed by atoms with Gasteiger partial charge in [0.05, 0.1) is 0 Å². The molecule has 2 heterocycles. The maximum atomic E-state index is 12.0. The first-order chi connectivity index (χ1) is 11.3. The Morgan fingerprint density at radius 1 is 1.26 bits per heavy atom. The number of carbonyl (C=O) groups excluding carboxylic acids is 1. The third-order valence-corrected chi connectivity index (χ3v) is 4.46. The Bertz CT molecular complexity index is 602. The van der Waals surface area contributed by atoms with Gasteiger partial charge in [-0.2, -0.15) is 5.10 Å². The molecular formula is C17H23N5O. The molecule has 6 nitrogen and oxygen atoms in total. The van der Waals surface area contributed by atoms with Crippen molar-refractivity contribution < 1.29 is 4.79 Å². The number of amides is 1. The van der Waals surface area contributed by atoms with Gasteiger partial charge < -0.3 is 5.32 Å². The van der Waals surface area contributed by atoms with Crippen LogP contribution in [0.4, 0.5) is 0 Å². The van der Waals surface area contributed by atoms with Crippen molar-refractivity contribution in [2.24, 2.45) is 5.92 Å². The van der Waals surface area contributed by atoms with Crippen LogP contribution in [0.2, 0.25) is 0 Å². The maximum Gasteiger partial charge on any atom is 0.220 e. The van der Waals surface area contributed by atoms with E-state index in [4.69, 9.17) is 0 Å². The Morgan fingerprint density at radius 3 is 2.83 bits per heavy atom. The molecule has 0 spiro atoms. The molecule has 2 aromatic rings. The number of carbonyl (C=O) groups is 1. The van der Waals surface area contributed by atoms with E-state index in [1.165, 1.54) is 38.4 Å². The van der Waals surface area contributed by atoms with Gasteiger partial charge in [0.25, 0.3) is 0 Å². The molecule has 0 unspecified atom stereocenters. The molecule has 23 heavy (non-hydrogen) atoms. The number of hydrogen-bond donors (Lipinski definition) is 1. The first-order valence-electron chi connectivity index (χ1n) is 8.38. The summed E-state index contributed by atoms with van der Waals surface area (Å²) in [7, 11) is 0. The van der Waals surface area contributed by atoms with E-state index in [2.05, 4.69) is 20.4 Å². The fraction of sp³-hybridized carbons (Fsp3) is 0.529. The van der Waals surface area contributed by atoms with Crippen molar-refractivity contribution in [3.63, 3.8) is 0 Å². The molecule has 3 rings (SSSR count). The molecule has 1 aliphatic carbocycles. The van der Waals surface area contributed by atoms with Crippen LogP contribution < -0.4 is 5.32 Å². The number of nitrogens with zero attached hydrogens (tertiary/aromatic N) is 4. The molecule has 1 N–H and O–H groups in total. The van der Waals surface area contributed by atoms with E-state index in [0.717, 1.165) is 23.7 Å². The molecule has 122 valence electrons. The molecule has 0 atom stereocenters. The van der Waals surface area contributed by atoms with Crippen molar-refractivity contribution in [3.8, 4) is 5.82 Å². The normalized spacial score (nSPS) is 15.5. The van der Waals surface area contributed by atoms with Crippen molar-refractivity contribution >= 4 is 5.91 Å². The molecule has 0 aromatic carbocycles. The zero-order valence-electron chi connectivity index (χ0n) is 13.3. The Kier molecular flexibility index (Phi) is 5.34. The van der Waals surface area contributed by atoms with E-state index in [-0.39, 0.29) is 5.91 Å². The lowest BCUT2D eigenvalue weighted by molar-refractivity contribution is -0.121. The second-order valence-corrected chi connectivity index (χ2v) is 6.18. The Labute approximate surface area is 136 Å². The average Bonchev–Trinajstić information content (AvgIpc) is 3.14. The first-order valence-corrected chi connectivity index (χ1v) is 8.38. The van der Waals surface area contributed by atoms with E-state index in [0.29, 0.717) is 13.0 Å². The van der Waals surface area contributed by atoms with Gasteiger partial charge in [0.15, 0.2) is 5.82 Å². The van der Waals surface area contributed by atoms with E-state index < -0.39 is 0 Å². The van der Waals surface area contributed by atoms with Crippen LogP contribution in [-0.2, 0) is 11.3 Å². The minimum Gasteiger partial charge on any atom is -0.352 e. The molecule has 1 fully saturated rings. The van der Waals surface area contributed by atoms with Crippen LogP contribution in [0.15, 0.2) is 31.0 Å². The summed E-state index contributed by atoms with van der Waals surface area (Å²) >= 11 is 0. The standard InChI is InChI=1S/C17H23N5O/c23-17(9-7-14-4-2-1-3-5-14)20-11-15-6-8-16(19-10-15)22-13-18-12-21-22/h6,8,10,12-14H,1-5,7,9,11H2,(H,20,23). The Balaban J connectivity index is 1.41. The van der Waals surface area contributed by atoms with Crippen molar-refractivity contribution in [3.05, 3.63) is 36.5 Å². The minimum atomic E-state index is 0.135. The van der Waals surface area contributed by atoms with Crippen LogP contribution in [0.25, 0.3) is 5.82 Å². The van der Waals surface area contributed by atoms with Crippen LogP contribution in [0, 0.1) is 5.92 Å². The summed E-state index contributed by atoms with van der Waals surface area (Å²) in [6.45, 7) is 0.522. The molecule has 6 heteroatoms. The van der Waals surface area contributed by atoms with Gasteiger partial charge in [0, 0.05) is 19.2 Å². The van der Waals surface area contributed by atoms with Gasteiger partial charge in [-0.25, -0.2) is 14.6 Å². The molecule has 1 amide bonds. The largest absolute Gasteiger partial charge is 0.352 e. The zero-order chi connectivity index (χ0) is 15.9. The number of aromatic nitrogens is 4. The van der Waals surface area contributed by atoms with Crippen molar-refractivity contribution in [2.45, 2.75) is 51.5 Å². The summed E-state index contributed by atoms with van der Waals surface area (Å²) in [5, 5.41) is 7.01. The molecular weight excluding hydrogens is 290 g/mol. The highest BCUT2D eigenvalue weighted by Gasteiger charge is 2.14. The first kappa shape index (κ1) is 15.6. The molecule has 1 saturated carbocycles. The van der Waals surface area contributed by atoms with Crippen LogP contribution in [0.1, 0.15) is 50.5 Å². The Hall–Kier alpha value is -2.24. The maximum absolute atomic E-state index is 12.0. The summed E-state index contributed by atoms with van der Waals surface area (Å²) in [5.41, 5.74) is 0.986. The van der Waals surface area contributed by atoms with Gasteiger partial charge >= 0.3 is 0 Å². The molecule has 0 bridgehead atoms. The molecule has 2 aromatic heterocycles. The summed E-state index contributed by atoms with van der Waals surface area (Å²) in [5.74, 6) is 1.60. The number of hydrogen-bond acceptors (Lipinski definition) is 4. The lowest BCUT2D eigenvalue weighted by Gasteiger charge is -2.20. The highest BCUT2D eigenvalue weighted by atomic mass is 16.1. The number of nitrogens with one attached hydrogen (secondary N) is 1. The fourth-order valence-corrected chi connectivity index (χ4v) is 3.08. The molecule has 1 aliphatic rings. The van der Waals surface area contributed by atoms with Gasteiger partial charge in [0.2, 0.25) is 5.91 Å². The van der Waals surface area contributed by atoms with E-state index in [1.807, 2.05) is 12.1 Å². The average molecular weight is 313 g/mol. The lowest BCUT2D eigenvalue weighted by atomic mass is 9.86. The third-order valence-electron chi connectivity index (χ3n) is 4.46. The predicted octanol–water partition coefficient (Wildman–Crippen LogP) is 2.64. The van der Waals surface area contributed by atoms with Gasteiger partial charge in [-0.1, -0.05) is 38.2 Å². The summed E-state index contributed by atoms with van der Waals surface area (Å²) in [6, 6.07) is 3.82. The highest BCUT2D eigenvalue weighted by Crippen LogP contribution is 2.27. The fourth-order valence-electron chi connectivity index (χ4n) is 3.08. The van der Waals surface area contributed by atoms with E-state index >= 15 is 0 Å². The third kappa shape index (κ3) is 4.61. The van der Waals surface area contributed by atoms with Crippen molar-refractivity contribution in [2.75, 3.05) is 0 Å². The lowest BCUT2D eigenvalue weighted by Crippen LogP contribution is -2.23. The summed E-state index contributed by atoms with van der Waals surface area (Å²) in [4.78, 5) is 20.2. The number of pyridine rings is 1. The Morgan fingerprint density at radius 2 is 2.13 bits per heavy atom. The topological polar surface area (TPSA) is 72.7 Å². The second-order valence-electron chi connectivity index (χ2n) is 6.18. The smallest absolute Gasteiger partial charge is 0.220 e. The van der Waals surface area contributed by atoms with E-state index in [9.17, 15) is 4.79 Å². The zero-order valence-corrected chi connectivity index (χ0v) is 13.3. The molecule has 0 radical (unpaired) electrons. The number of rotatable bonds is 6. The quantitative estimate of drug-likeness (QED) is 0.890. The molecule has 0 saturated heterocycles. The summed E-state index contributed by atoms with van der Waals surface area (Å²) < 4.78 is 1.60. The van der Waals surface area contributed by atoms with Gasteiger partial charge in [-0.05, 0) is 24.0 Å². The van der Waals surface area contributed by atoms with Crippen LogP contribution in [-0.4, -0.2) is 25.7 Å². The van der Waals surface area contributed by atoms with Crippen LogP contribution in [0.5, 0.6) is 0 Å². The van der Waals surface area contributed by atoms with Gasteiger partial charge in [-0.15, -0.1) is 0 Å². The van der Waals surface area contributed by atoms with Crippen molar-refractivity contribution in [1.29, 1.82) is 0 Å². The SMILES string of the molecule is O=C(CCC1CCCCC1)NCc1ccc(-n2cncn2)nc1. The van der Waals surface area contributed by atoms with Crippen LogP contribution in [0.3, 0.4) is 0 Å². The second kappa shape index (κ2) is 7.85. The van der Waals surface area contributed by atoms with E-state index in [1.54, 1.807) is 17.2 Å². The molecule has 0 aliphatic heterocycles. The van der Waals surface area contributed by atoms with Crippen LogP contribution >= 0.6 is 0 Å². The van der Waals surface area contributed by atoms with Crippen molar-refractivity contribution in [1.82, 2.24) is 25.1 Å².